The number of thiocarbonyl (C=S) groups is 1. The van der Waals surface area contributed by atoms with Gasteiger partial charge in [-0.1, -0.05) is 13.3 Å². The maximum Gasteiger partial charge on any atom is 0.336 e. The van der Waals surface area contributed by atoms with E-state index in [1.54, 1.807) is 0 Å². The van der Waals surface area contributed by atoms with Crippen molar-refractivity contribution in [3.63, 3.8) is 0 Å². The molecule has 0 aliphatic heterocycles. The molecule has 0 saturated carbocycles. The van der Waals surface area contributed by atoms with Crippen molar-refractivity contribution >= 4 is 26.6 Å². The Morgan fingerprint density at radius 2 is 1.73 bits per heavy atom. The quantitative estimate of drug-likeness (QED) is 0.531. The highest BCUT2D eigenvalue weighted by Crippen LogP contribution is 2.37. The molecule has 0 fully saturated rings. The highest BCUT2D eigenvalue weighted by atomic mass is 32.1. The SMILES string of the molecule is CCCC(C)(C(O)=S)[SiH](OCC)OCC. The van der Waals surface area contributed by atoms with Crippen LogP contribution in [0.3, 0.4) is 0 Å². The first-order chi connectivity index (χ1) is 7.02. The Morgan fingerprint density at radius 3 is 2.00 bits per heavy atom. The minimum Gasteiger partial charge on any atom is -0.502 e. The molecule has 0 spiro atoms. The second-order valence-electron chi connectivity index (χ2n) is 3.72. The molecule has 3 nitrogen and oxygen atoms in total. The van der Waals surface area contributed by atoms with Gasteiger partial charge in [-0.3, -0.25) is 0 Å². The summed E-state index contributed by atoms with van der Waals surface area (Å²) in [5.74, 6) is 0. The maximum atomic E-state index is 9.63. The Morgan fingerprint density at radius 1 is 1.27 bits per heavy atom. The van der Waals surface area contributed by atoms with Crippen molar-refractivity contribution in [2.24, 2.45) is 0 Å². The lowest BCUT2D eigenvalue weighted by atomic mass is 10.1. The summed E-state index contributed by atoms with van der Waals surface area (Å²) >= 11 is 4.93. The van der Waals surface area contributed by atoms with Crippen LogP contribution < -0.4 is 0 Å². The predicted octanol–water partition coefficient (Wildman–Crippen LogP) is 2.73. The van der Waals surface area contributed by atoms with E-state index in [-0.39, 0.29) is 5.05 Å². The smallest absolute Gasteiger partial charge is 0.336 e. The van der Waals surface area contributed by atoms with Gasteiger partial charge in [0.2, 0.25) is 0 Å². The van der Waals surface area contributed by atoms with Gasteiger partial charge in [0.15, 0.2) is 5.05 Å². The minimum atomic E-state index is -1.93. The van der Waals surface area contributed by atoms with Gasteiger partial charge in [-0.15, -0.1) is 0 Å². The molecule has 1 unspecified atom stereocenters. The highest BCUT2D eigenvalue weighted by Gasteiger charge is 2.42. The number of aliphatic hydroxyl groups is 1. The van der Waals surface area contributed by atoms with Gasteiger partial charge in [0.1, 0.15) is 0 Å². The Hall–Kier alpha value is 0.0269. The summed E-state index contributed by atoms with van der Waals surface area (Å²) in [6, 6.07) is 0. The van der Waals surface area contributed by atoms with Crippen molar-refractivity contribution in [2.45, 2.75) is 45.6 Å². The Balaban J connectivity index is 4.72. The van der Waals surface area contributed by atoms with Crippen LogP contribution in [0.15, 0.2) is 0 Å². The molecule has 1 N–H and O–H groups in total. The zero-order valence-corrected chi connectivity index (χ0v) is 12.0. The van der Waals surface area contributed by atoms with Gasteiger partial charge in [-0.05, 0) is 39.4 Å². The topological polar surface area (TPSA) is 38.7 Å². The van der Waals surface area contributed by atoms with Gasteiger partial charge in [0.25, 0.3) is 0 Å². The summed E-state index contributed by atoms with van der Waals surface area (Å²) in [5, 5.41) is 9.21. The van der Waals surface area contributed by atoms with Crippen LogP contribution in [0.4, 0.5) is 0 Å². The lowest BCUT2D eigenvalue weighted by Crippen LogP contribution is -2.41. The third kappa shape index (κ3) is 4.18. The van der Waals surface area contributed by atoms with Crippen molar-refractivity contribution < 1.29 is 14.0 Å². The fraction of sp³-hybridized carbons (Fsp3) is 0.900. The fourth-order valence-corrected chi connectivity index (χ4v) is 4.12. The van der Waals surface area contributed by atoms with Crippen LogP contribution in [-0.2, 0) is 8.85 Å². The first-order valence-electron chi connectivity index (χ1n) is 5.49. The second kappa shape index (κ2) is 7.32. The molecular formula is C10H22O3SSi. The average molecular weight is 250 g/mol. The molecule has 0 amide bonds. The Bertz CT molecular complexity index is 195. The zero-order valence-electron chi connectivity index (χ0n) is 10.1. The monoisotopic (exact) mass is 250 g/mol. The van der Waals surface area contributed by atoms with Crippen LogP contribution in [-0.4, -0.2) is 32.7 Å². The van der Waals surface area contributed by atoms with Crippen molar-refractivity contribution in [3.8, 4) is 0 Å². The van der Waals surface area contributed by atoms with Crippen molar-refractivity contribution in [1.29, 1.82) is 0 Å². The standard InChI is InChI=1S/C10H22O3SSi/c1-5-8-10(4,9(11)14)15(12-6-2)13-7-3/h15H,5-8H2,1-4H3,(H,11,14). The number of hydrogen-bond acceptors (Lipinski definition) is 3. The molecule has 1 atom stereocenters. The van der Waals surface area contributed by atoms with Crippen LogP contribution in [0.2, 0.25) is 5.04 Å². The summed E-state index contributed by atoms with van der Waals surface area (Å²) in [6.45, 7) is 9.11. The molecule has 0 radical (unpaired) electrons. The highest BCUT2D eigenvalue weighted by molar-refractivity contribution is 7.80. The molecule has 15 heavy (non-hydrogen) atoms. The van der Waals surface area contributed by atoms with E-state index in [9.17, 15) is 5.11 Å². The van der Waals surface area contributed by atoms with E-state index >= 15 is 0 Å². The molecule has 0 aromatic carbocycles. The molecule has 0 aromatic heterocycles. The summed E-state index contributed by atoms with van der Waals surface area (Å²) in [7, 11) is -1.93. The van der Waals surface area contributed by atoms with E-state index in [4.69, 9.17) is 21.1 Å². The number of rotatable bonds is 8. The zero-order chi connectivity index (χ0) is 11.9. The largest absolute Gasteiger partial charge is 0.502 e. The van der Waals surface area contributed by atoms with Crippen molar-refractivity contribution in [1.82, 2.24) is 0 Å². The summed E-state index contributed by atoms with van der Waals surface area (Å²) < 4.78 is 11.3. The van der Waals surface area contributed by atoms with E-state index in [0.717, 1.165) is 12.8 Å². The van der Waals surface area contributed by atoms with Gasteiger partial charge < -0.3 is 14.0 Å². The Kier molecular flexibility index (Phi) is 7.34. The minimum absolute atomic E-state index is 0.0305. The van der Waals surface area contributed by atoms with Crippen molar-refractivity contribution in [2.75, 3.05) is 13.2 Å². The number of aliphatic hydroxyl groups excluding tert-OH is 1. The van der Waals surface area contributed by atoms with Crippen LogP contribution in [0.1, 0.15) is 40.5 Å². The van der Waals surface area contributed by atoms with Gasteiger partial charge in [0, 0.05) is 13.2 Å². The van der Waals surface area contributed by atoms with Crippen LogP contribution in [0, 0.1) is 0 Å². The van der Waals surface area contributed by atoms with E-state index in [0.29, 0.717) is 13.2 Å². The maximum absolute atomic E-state index is 9.63. The molecule has 0 rings (SSSR count). The molecule has 0 aliphatic carbocycles. The van der Waals surface area contributed by atoms with E-state index in [1.165, 1.54) is 0 Å². The molecule has 0 aromatic rings. The first kappa shape index (κ1) is 15.0. The summed E-state index contributed by atoms with van der Waals surface area (Å²) in [5.41, 5.74) is 0. The van der Waals surface area contributed by atoms with Gasteiger partial charge in [-0.25, -0.2) is 0 Å². The average Bonchev–Trinajstić information content (AvgIpc) is 2.17. The molecule has 0 saturated heterocycles. The van der Waals surface area contributed by atoms with Crippen LogP contribution in [0.5, 0.6) is 0 Å². The lowest BCUT2D eigenvalue weighted by molar-refractivity contribution is 0.193. The molecular weight excluding hydrogens is 228 g/mol. The lowest BCUT2D eigenvalue weighted by Gasteiger charge is -2.32. The third-order valence-corrected chi connectivity index (χ3v) is 5.96. The summed E-state index contributed by atoms with van der Waals surface area (Å²) in [6.07, 6.45) is 1.78. The molecule has 0 bridgehead atoms. The second-order valence-corrected chi connectivity index (χ2v) is 6.71. The first-order valence-corrected chi connectivity index (χ1v) is 7.42. The van der Waals surface area contributed by atoms with Gasteiger partial charge >= 0.3 is 9.28 Å². The van der Waals surface area contributed by atoms with Crippen LogP contribution >= 0.6 is 12.2 Å². The van der Waals surface area contributed by atoms with E-state index in [1.807, 2.05) is 20.8 Å². The third-order valence-electron chi connectivity index (χ3n) is 2.41. The Labute approximate surface area is 99.6 Å². The normalized spacial score (nSPS) is 15.3. The van der Waals surface area contributed by atoms with E-state index in [2.05, 4.69) is 6.92 Å². The predicted molar refractivity (Wildman–Crippen MR) is 68.9 cm³/mol. The van der Waals surface area contributed by atoms with Crippen molar-refractivity contribution in [3.05, 3.63) is 0 Å². The molecule has 5 heteroatoms. The van der Waals surface area contributed by atoms with Gasteiger partial charge in [0.05, 0.1) is 5.04 Å². The van der Waals surface area contributed by atoms with E-state index < -0.39 is 14.3 Å². The molecule has 90 valence electrons. The molecule has 0 aliphatic rings. The molecule has 0 heterocycles. The summed E-state index contributed by atoms with van der Waals surface area (Å²) in [4.78, 5) is 0. The van der Waals surface area contributed by atoms with Crippen LogP contribution in [0.25, 0.3) is 0 Å². The fourth-order valence-electron chi connectivity index (χ4n) is 1.56. The number of hydrogen-bond donors (Lipinski definition) is 1. The van der Waals surface area contributed by atoms with Gasteiger partial charge in [-0.2, -0.15) is 0 Å².